The van der Waals surface area contributed by atoms with Crippen LogP contribution in [-0.4, -0.2) is 16.4 Å². The van der Waals surface area contributed by atoms with E-state index in [-0.39, 0.29) is 0 Å². The molecule has 0 unspecified atom stereocenters. The van der Waals surface area contributed by atoms with Crippen LogP contribution in [0, 0.1) is 11.3 Å². The van der Waals surface area contributed by atoms with Crippen molar-refractivity contribution in [3.63, 3.8) is 0 Å². The van der Waals surface area contributed by atoms with Gasteiger partial charge in [-0.05, 0) is 11.1 Å². The van der Waals surface area contributed by atoms with Gasteiger partial charge in [0, 0.05) is 12.6 Å². The lowest BCUT2D eigenvalue weighted by Gasteiger charge is -1.98. The summed E-state index contributed by atoms with van der Waals surface area (Å²) in [4.78, 5) is 4.32. The molecule has 1 aromatic heterocycles. The van der Waals surface area contributed by atoms with Crippen LogP contribution < -0.4 is 0 Å². The Morgan fingerprint density at radius 3 is 2.41 bits per heavy atom. The summed E-state index contributed by atoms with van der Waals surface area (Å²) in [6.45, 7) is 0. The summed E-state index contributed by atoms with van der Waals surface area (Å²) in [5.41, 5.74) is 3.38. The number of nitriles is 1. The normalized spacial score (nSPS) is 10.7. The van der Waals surface area contributed by atoms with Gasteiger partial charge in [-0.2, -0.15) is 10.4 Å². The minimum atomic E-state index is 0.428. The summed E-state index contributed by atoms with van der Waals surface area (Å²) in [6, 6.07) is 21.9. The molecule has 0 radical (unpaired) electrons. The van der Waals surface area contributed by atoms with Gasteiger partial charge in [0.25, 0.3) is 0 Å². The van der Waals surface area contributed by atoms with Crippen molar-refractivity contribution in [1.29, 1.82) is 5.26 Å². The average molecular weight is 286 g/mol. The lowest BCUT2D eigenvalue weighted by atomic mass is 10.1. The topological polar surface area (TPSA) is 64.8 Å². The highest BCUT2D eigenvalue weighted by molar-refractivity contribution is 5.82. The predicted molar refractivity (Wildman–Crippen MR) is 86.2 cm³/mol. The van der Waals surface area contributed by atoms with Gasteiger partial charge in [-0.25, -0.2) is 4.99 Å². The lowest BCUT2D eigenvalue weighted by Crippen LogP contribution is -1.91. The zero-order valence-electron chi connectivity index (χ0n) is 11.9. The molecule has 0 aliphatic heterocycles. The maximum absolute atomic E-state index is 9.38. The van der Waals surface area contributed by atoms with Crippen molar-refractivity contribution in [2.75, 3.05) is 0 Å². The first kappa shape index (κ1) is 13.8. The molecule has 3 rings (SSSR count). The number of nitrogens with one attached hydrogen (secondary N) is 1. The molecule has 1 N–H and O–H groups in total. The summed E-state index contributed by atoms with van der Waals surface area (Å²) >= 11 is 0. The Labute approximate surface area is 128 Å². The van der Waals surface area contributed by atoms with E-state index in [1.54, 1.807) is 6.21 Å². The Bertz CT molecular complexity index is 811. The largest absolute Gasteiger partial charge is 0.279 e. The number of aliphatic imine (C=N–C) groups is 1. The fourth-order valence-electron chi connectivity index (χ4n) is 2.18. The zero-order chi connectivity index (χ0) is 15.2. The van der Waals surface area contributed by atoms with E-state index in [2.05, 4.69) is 21.3 Å². The molecule has 0 spiro atoms. The van der Waals surface area contributed by atoms with E-state index < -0.39 is 0 Å². The molecule has 0 fully saturated rings. The van der Waals surface area contributed by atoms with Gasteiger partial charge in [0.2, 0.25) is 0 Å². The van der Waals surface area contributed by atoms with Crippen LogP contribution in [0.1, 0.15) is 22.4 Å². The van der Waals surface area contributed by atoms with Crippen LogP contribution in [0.2, 0.25) is 0 Å². The maximum atomic E-state index is 9.38. The van der Waals surface area contributed by atoms with Gasteiger partial charge in [-0.3, -0.25) is 5.10 Å². The summed E-state index contributed by atoms with van der Waals surface area (Å²) in [6.07, 6.45) is 2.35. The third-order valence-electron chi connectivity index (χ3n) is 3.29. The van der Waals surface area contributed by atoms with Crippen LogP contribution >= 0.6 is 0 Å². The van der Waals surface area contributed by atoms with Gasteiger partial charge in [-0.1, -0.05) is 60.7 Å². The van der Waals surface area contributed by atoms with Crippen LogP contribution in [0.25, 0.3) is 0 Å². The third-order valence-corrected chi connectivity index (χ3v) is 3.29. The van der Waals surface area contributed by atoms with E-state index in [0.29, 0.717) is 17.8 Å². The summed E-state index contributed by atoms with van der Waals surface area (Å²) < 4.78 is 0. The Morgan fingerprint density at radius 2 is 1.73 bits per heavy atom. The fraction of sp³-hybridized carbons (Fsp3) is 0.0556. The van der Waals surface area contributed by atoms with E-state index in [4.69, 9.17) is 0 Å². The predicted octanol–water partition coefficient (Wildman–Crippen LogP) is 3.62. The van der Waals surface area contributed by atoms with Crippen molar-refractivity contribution in [3.05, 3.63) is 83.0 Å². The van der Waals surface area contributed by atoms with E-state index in [1.165, 1.54) is 0 Å². The second kappa shape index (κ2) is 6.51. The number of nitrogens with zero attached hydrogens (tertiary/aromatic N) is 3. The van der Waals surface area contributed by atoms with E-state index in [1.807, 2.05) is 60.7 Å². The van der Waals surface area contributed by atoms with Crippen molar-refractivity contribution in [3.8, 4) is 6.07 Å². The van der Waals surface area contributed by atoms with Crippen LogP contribution in [0.4, 0.5) is 5.82 Å². The smallest absolute Gasteiger partial charge is 0.191 e. The van der Waals surface area contributed by atoms with E-state index in [9.17, 15) is 5.26 Å². The summed E-state index contributed by atoms with van der Waals surface area (Å²) in [7, 11) is 0. The monoisotopic (exact) mass is 286 g/mol. The third kappa shape index (κ3) is 3.10. The Balaban J connectivity index is 1.85. The number of aromatic amines is 1. The first-order valence-electron chi connectivity index (χ1n) is 6.97. The van der Waals surface area contributed by atoms with Crippen LogP contribution in [0.3, 0.4) is 0 Å². The lowest BCUT2D eigenvalue weighted by molar-refractivity contribution is 0.993. The second-order valence-corrected chi connectivity index (χ2v) is 4.84. The van der Waals surface area contributed by atoms with Crippen molar-refractivity contribution >= 4 is 12.0 Å². The van der Waals surface area contributed by atoms with Crippen molar-refractivity contribution in [2.24, 2.45) is 4.99 Å². The minimum Gasteiger partial charge on any atom is -0.279 e. The number of rotatable bonds is 4. The van der Waals surface area contributed by atoms with Crippen LogP contribution in [-0.2, 0) is 6.42 Å². The SMILES string of the molecule is N#Cc1c(N=Cc2ccccc2)n[nH]c1Cc1ccccc1. The molecule has 0 amide bonds. The molecule has 2 aromatic carbocycles. The molecule has 3 aromatic rings. The molecule has 0 bridgehead atoms. The van der Waals surface area contributed by atoms with Gasteiger partial charge in [0.1, 0.15) is 11.6 Å². The summed E-state index contributed by atoms with van der Waals surface area (Å²) in [5.74, 6) is 0.428. The first-order valence-corrected chi connectivity index (χ1v) is 6.97. The van der Waals surface area contributed by atoms with Crippen molar-refractivity contribution in [2.45, 2.75) is 6.42 Å². The maximum Gasteiger partial charge on any atom is 0.191 e. The molecule has 106 valence electrons. The van der Waals surface area contributed by atoms with Gasteiger partial charge < -0.3 is 0 Å². The second-order valence-electron chi connectivity index (χ2n) is 4.84. The van der Waals surface area contributed by atoms with Gasteiger partial charge in [0.15, 0.2) is 5.82 Å². The molecule has 0 saturated carbocycles. The van der Waals surface area contributed by atoms with Crippen LogP contribution in [0.15, 0.2) is 65.7 Å². The zero-order valence-corrected chi connectivity index (χ0v) is 11.9. The Hall–Kier alpha value is -3.19. The molecule has 22 heavy (non-hydrogen) atoms. The highest BCUT2D eigenvalue weighted by atomic mass is 15.2. The molecular formula is C18H14N4. The number of hydrogen-bond donors (Lipinski definition) is 1. The molecule has 1 heterocycles. The van der Waals surface area contributed by atoms with Crippen molar-refractivity contribution < 1.29 is 0 Å². The van der Waals surface area contributed by atoms with Gasteiger partial charge in [0.05, 0.1) is 5.69 Å². The number of benzene rings is 2. The molecule has 0 atom stereocenters. The summed E-state index contributed by atoms with van der Waals surface area (Å²) in [5, 5.41) is 16.5. The highest BCUT2D eigenvalue weighted by Crippen LogP contribution is 2.21. The highest BCUT2D eigenvalue weighted by Gasteiger charge is 2.12. The molecule has 0 aliphatic carbocycles. The van der Waals surface area contributed by atoms with E-state index in [0.717, 1.165) is 16.8 Å². The van der Waals surface area contributed by atoms with Crippen molar-refractivity contribution in [1.82, 2.24) is 10.2 Å². The molecular weight excluding hydrogens is 272 g/mol. The Kier molecular flexibility index (Phi) is 4.08. The minimum absolute atomic E-state index is 0.428. The molecule has 0 aliphatic rings. The fourth-order valence-corrected chi connectivity index (χ4v) is 2.18. The quantitative estimate of drug-likeness (QED) is 0.744. The number of hydrogen-bond acceptors (Lipinski definition) is 3. The number of aromatic nitrogens is 2. The molecule has 4 heteroatoms. The molecule has 4 nitrogen and oxygen atoms in total. The molecule has 0 saturated heterocycles. The van der Waals surface area contributed by atoms with Crippen LogP contribution in [0.5, 0.6) is 0 Å². The van der Waals surface area contributed by atoms with Gasteiger partial charge >= 0.3 is 0 Å². The standard InChI is InChI=1S/C18H14N4/c19-12-16-17(11-14-7-3-1-4-8-14)21-22-18(16)20-13-15-9-5-2-6-10-15/h1-10,13H,11H2,(H,21,22). The van der Waals surface area contributed by atoms with Gasteiger partial charge in [-0.15, -0.1) is 0 Å². The average Bonchev–Trinajstić information content (AvgIpc) is 2.96. The number of H-pyrrole nitrogens is 1. The van der Waals surface area contributed by atoms with E-state index >= 15 is 0 Å². The Morgan fingerprint density at radius 1 is 1.05 bits per heavy atom. The first-order chi connectivity index (χ1) is 10.9.